The van der Waals surface area contributed by atoms with Crippen LogP contribution < -0.4 is 10.1 Å². The molecule has 0 saturated carbocycles. The highest BCUT2D eigenvalue weighted by Gasteiger charge is 2.26. The van der Waals surface area contributed by atoms with Crippen LogP contribution in [-0.4, -0.2) is 30.1 Å². The van der Waals surface area contributed by atoms with Crippen LogP contribution in [0.25, 0.3) is 0 Å². The van der Waals surface area contributed by atoms with Crippen molar-refractivity contribution in [3.8, 4) is 5.88 Å². The Labute approximate surface area is 165 Å². The number of aryl methyl sites for hydroxylation is 2. The maximum Gasteiger partial charge on any atom is 0.257 e. The lowest BCUT2D eigenvalue weighted by molar-refractivity contribution is 0.0615. The fourth-order valence-corrected chi connectivity index (χ4v) is 3.40. The molecule has 0 aliphatic heterocycles. The van der Waals surface area contributed by atoms with E-state index in [4.69, 9.17) is 21.1 Å². The van der Waals surface area contributed by atoms with E-state index >= 15 is 0 Å². The number of aromatic nitrogens is 1. The summed E-state index contributed by atoms with van der Waals surface area (Å²) in [7, 11) is 1.54. The van der Waals surface area contributed by atoms with Gasteiger partial charge in [0, 0.05) is 10.7 Å². The second kappa shape index (κ2) is 8.28. The van der Waals surface area contributed by atoms with Gasteiger partial charge in [0.2, 0.25) is 5.88 Å². The Kier molecular flexibility index (Phi) is 6.02. The van der Waals surface area contributed by atoms with E-state index in [0.717, 1.165) is 36.1 Å². The van der Waals surface area contributed by atoms with Crippen molar-refractivity contribution in [1.29, 1.82) is 0 Å². The van der Waals surface area contributed by atoms with Crippen LogP contribution in [-0.2, 0) is 24.2 Å². The van der Waals surface area contributed by atoms with Gasteiger partial charge in [-0.2, -0.15) is 0 Å². The van der Waals surface area contributed by atoms with Crippen molar-refractivity contribution in [2.24, 2.45) is 0 Å². The molecular weight excluding hydrogens is 364 g/mol. The molecule has 3 rings (SSSR count). The second-order valence-corrected chi connectivity index (χ2v) is 7.83. The molecule has 1 heterocycles. The van der Waals surface area contributed by atoms with Gasteiger partial charge in [0.05, 0.1) is 25.9 Å². The summed E-state index contributed by atoms with van der Waals surface area (Å²) in [6.45, 7) is 4.59. The number of carbonyl (C=O) groups is 1. The van der Waals surface area contributed by atoms with Crippen LogP contribution in [0, 0.1) is 0 Å². The van der Waals surface area contributed by atoms with Crippen LogP contribution in [0.5, 0.6) is 5.88 Å². The molecule has 5 nitrogen and oxygen atoms in total. The number of benzene rings is 1. The minimum Gasteiger partial charge on any atom is -0.480 e. The number of hydrogen-bond acceptors (Lipinski definition) is 4. The van der Waals surface area contributed by atoms with Crippen LogP contribution in [0.15, 0.2) is 30.3 Å². The highest BCUT2D eigenvalue weighted by atomic mass is 35.5. The summed E-state index contributed by atoms with van der Waals surface area (Å²) in [4.78, 5) is 17.3. The Balaban J connectivity index is 1.63. The molecule has 0 atom stereocenters. The molecule has 1 aliphatic rings. The smallest absolute Gasteiger partial charge is 0.257 e. The van der Waals surface area contributed by atoms with Crippen molar-refractivity contribution in [3.63, 3.8) is 0 Å². The summed E-state index contributed by atoms with van der Waals surface area (Å²) in [5, 5.41) is 3.70. The Morgan fingerprint density at radius 2 is 2.07 bits per heavy atom. The summed E-state index contributed by atoms with van der Waals surface area (Å²) >= 11 is 6.15. The normalized spacial score (nSPS) is 13.3. The first-order valence-electron chi connectivity index (χ1n) is 9.10. The molecule has 1 aromatic carbocycles. The van der Waals surface area contributed by atoms with E-state index in [-0.39, 0.29) is 5.91 Å². The number of amides is 1. The van der Waals surface area contributed by atoms with Gasteiger partial charge in [-0.1, -0.05) is 29.8 Å². The topological polar surface area (TPSA) is 60.5 Å². The predicted molar refractivity (Wildman–Crippen MR) is 105 cm³/mol. The molecule has 1 amide bonds. The monoisotopic (exact) mass is 388 g/mol. The van der Waals surface area contributed by atoms with Crippen molar-refractivity contribution in [1.82, 2.24) is 10.3 Å². The molecule has 1 N–H and O–H groups in total. The molecule has 0 bridgehead atoms. The molecule has 0 fully saturated rings. The second-order valence-electron chi connectivity index (χ2n) is 7.43. The third-order valence-electron chi connectivity index (χ3n) is 4.58. The maximum absolute atomic E-state index is 12.8. The molecule has 2 aromatic rings. The maximum atomic E-state index is 12.8. The minimum atomic E-state index is -0.553. The molecule has 144 valence electrons. The van der Waals surface area contributed by atoms with Crippen LogP contribution in [0.2, 0.25) is 5.02 Å². The van der Waals surface area contributed by atoms with Crippen molar-refractivity contribution in [2.45, 2.75) is 45.3 Å². The van der Waals surface area contributed by atoms with E-state index in [9.17, 15) is 4.79 Å². The van der Waals surface area contributed by atoms with Gasteiger partial charge in [0.1, 0.15) is 5.56 Å². The molecular formula is C21H25ClN2O3. The van der Waals surface area contributed by atoms with Crippen LogP contribution in [0.4, 0.5) is 0 Å². The van der Waals surface area contributed by atoms with Gasteiger partial charge in [0.15, 0.2) is 0 Å². The van der Waals surface area contributed by atoms with Crippen LogP contribution >= 0.6 is 11.6 Å². The zero-order chi connectivity index (χ0) is 19.4. The van der Waals surface area contributed by atoms with Crippen molar-refractivity contribution < 1.29 is 14.3 Å². The van der Waals surface area contributed by atoms with E-state index in [1.165, 1.54) is 7.11 Å². The number of hydrogen-bond donors (Lipinski definition) is 1. The predicted octanol–water partition coefficient (Wildman–Crippen LogP) is 3.96. The van der Waals surface area contributed by atoms with E-state index in [0.29, 0.717) is 29.7 Å². The Morgan fingerprint density at radius 1 is 1.30 bits per heavy atom. The largest absolute Gasteiger partial charge is 0.480 e. The molecule has 0 saturated heterocycles. The average molecular weight is 389 g/mol. The molecule has 27 heavy (non-hydrogen) atoms. The van der Waals surface area contributed by atoms with Crippen molar-refractivity contribution in [3.05, 3.63) is 57.7 Å². The average Bonchev–Trinajstić information content (AvgIpc) is 3.09. The van der Waals surface area contributed by atoms with Crippen molar-refractivity contribution >= 4 is 17.5 Å². The van der Waals surface area contributed by atoms with Crippen molar-refractivity contribution in [2.75, 3.05) is 13.7 Å². The third kappa shape index (κ3) is 4.79. The third-order valence-corrected chi connectivity index (χ3v) is 4.95. The standard InChI is InChI=1S/C21H25ClN2O3/c1-21(2,13-27-12-15-7-4-5-9-17(15)22)24-19(25)16-11-14-8-6-10-18(14)23-20(16)26-3/h4-5,7,9,11H,6,8,10,12-13H2,1-3H3,(H,24,25). The number of carbonyl (C=O) groups excluding carboxylic acids is 1. The summed E-state index contributed by atoms with van der Waals surface area (Å²) in [5.74, 6) is 0.168. The molecule has 1 aromatic heterocycles. The number of pyridine rings is 1. The van der Waals surface area contributed by atoms with E-state index in [1.807, 2.05) is 44.2 Å². The fraction of sp³-hybridized carbons (Fsp3) is 0.429. The first kappa shape index (κ1) is 19.6. The highest BCUT2D eigenvalue weighted by molar-refractivity contribution is 6.31. The number of ether oxygens (including phenoxy) is 2. The van der Waals surface area contributed by atoms with Gasteiger partial charge in [-0.15, -0.1) is 0 Å². The zero-order valence-electron chi connectivity index (χ0n) is 16.0. The summed E-state index contributed by atoms with van der Waals surface area (Å²) in [5.41, 5.74) is 3.00. The van der Waals surface area contributed by atoms with Gasteiger partial charge in [0.25, 0.3) is 5.91 Å². The lowest BCUT2D eigenvalue weighted by atomic mass is 10.1. The van der Waals surface area contributed by atoms with Gasteiger partial charge in [-0.3, -0.25) is 4.79 Å². The minimum absolute atomic E-state index is 0.208. The number of fused-ring (bicyclic) bond motifs is 1. The number of nitrogens with zero attached hydrogens (tertiary/aromatic N) is 1. The Bertz CT molecular complexity index is 836. The van der Waals surface area contributed by atoms with Crippen LogP contribution in [0.3, 0.4) is 0 Å². The van der Waals surface area contributed by atoms with Gasteiger partial charge < -0.3 is 14.8 Å². The Morgan fingerprint density at radius 3 is 2.81 bits per heavy atom. The first-order valence-corrected chi connectivity index (χ1v) is 9.48. The molecule has 0 radical (unpaired) electrons. The molecule has 1 aliphatic carbocycles. The lowest BCUT2D eigenvalue weighted by Crippen LogP contribution is -2.47. The van der Waals surface area contributed by atoms with Gasteiger partial charge in [-0.25, -0.2) is 4.98 Å². The number of nitrogens with one attached hydrogen (secondary N) is 1. The summed E-state index contributed by atoms with van der Waals surface area (Å²) < 4.78 is 11.1. The van der Waals surface area contributed by atoms with Gasteiger partial charge >= 0.3 is 0 Å². The summed E-state index contributed by atoms with van der Waals surface area (Å²) in [6, 6.07) is 9.47. The molecule has 6 heteroatoms. The van der Waals surface area contributed by atoms with E-state index in [1.54, 1.807) is 0 Å². The van der Waals surface area contributed by atoms with E-state index < -0.39 is 5.54 Å². The number of rotatable bonds is 7. The first-order chi connectivity index (χ1) is 12.9. The van der Waals surface area contributed by atoms with Gasteiger partial charge in [-0.05, 0) is 56.4 Å². The summed E-state index contributed by atoms with van der Waals surface area (Å²) in [6.07, 6.45) is 2.96. The molecule has 0 spiro atoms. The van der Waals surface area contributed by atoms with Crippen LogP contribution in [0.1, 0.15) is 47.4 Å². The number of halogens is 1. The quantitative estimate of drug-likeness (QED) is 0.779. The van der Waals surface area contributed by atoms with E-state index in [2.05, 4.69) is 10.3 Å². The molecule has 0 unspecified atom stereocenters. The fourth-order valence-electron chi connectivity index (χ4n) is 3.21. The lowest BCUT2D eigenvalue weighted by Gasteiger charge is -2.26. The Hall–Kier alpha value is -2.11. The SMILES string of the molecule is COc1nc2c(cc1C(=O)NC(C)(C)COCc1ccccc1Cl)CCC2. The number of methoxy groups -OCH3 is 1. The zero-order valence-corrected chi connectivity index (χ0v) is 16.7. The highest BCUT2D eigenvalue weighted by Crippen LogP contribution is 2.27.